The van der Waals surface area contributed by atoms with Crippen molar-refractivity contribution < 1.29 is 13.9 Å². The van der Waals surface area contributed by atoms with Gasteiger partial charge in [-0.1, -0.05) is 30.3 Å². The van der Waals surface area contributed by atoms with Gasteiger partial charge in [-0.2, -0.15) is 5.26 Å². The van der Waals surface area contributed by atoms with Crippen molar-refractivity contribution >= 4 is 16.9 Å². The second kappa shape index (κ2) is 10.2. The molecule has 1 N–H and O–H groups in total. The Morgan fingerprint density at radius 1 is 1.23 bits per heavy atom. The number of oxazole rings is 1. The predicted octanol–water partition coefficient (Wildman–Crippen LogP) is 4.08. The number of methoxy groups -OCH3 is 1. The lowest BCUT2D eigenvalue weighted by atomic mass is 9.88. The van der Waals surface area contributed by atoms with Crippen molar-refractivity contribution in [1.29, 1.82) is 5.26 Å². The largest absolute Gasteiger partial charge is 0.419 e. The molecule has 1 saturated carbocycles. The highest BCUT2D eigenvalue weighted by atomic mass is 16.5. The molecule has 2 fully saturated rings. The zero-order chi connectivity index (χ0) is 24.4. The SMILES string of the molecule is COCCCn1c(=O)oc2ccc(-c3ccc(C[C@@H](C#N)CC(=O)[C@H]4N[C@@H]5CC[C@H]4C5)cc3)cc21. The number of nitrogens with one attached hydrogen (secondary N) is 1. The predicted molar refractivity (Wildman–Crippen MR) is 133 cm³/mol. The maximum atomic E-state index is 12.8. The van der Waals surface area contributed by atoms with Gasteiger partial charge in [-0.3, -0.25) is 9.36 Å². The number of carbonyl (C=O) groups is 1. The Kier molecular flexibility index (Phi) is 6.85. The minimum Gasteiger partial charge on any atom is -0.408 e. The number of ether oxygens (including phenoxy) is 1. The number of piperidine rings is 1. The van der Waals surface area contributed by atoms with Crippen LogP contribution >= 0.6 is 0 Å². The highest BCUT2D eigenvalue weighted by Gasteiger charge is 2.42. The average molecular weight is 474 g/mol. The zero-order valence-corrected chi connectivity index (χ0v) is 20.0. The van der Waals surface area contributed by atoms with E-state index in [0.717, 1.165) is 41.5 Å². The molecule has 0 radical (unpaired) electrons. The highest BCUT2D eigenvalue weighted by molar-refractivity contribution is 5.85. The second-order valence-electron chi connectivity index (χ2n) is 9.86. The number of benzene rings is 2. The Labute approximate surface area is 204 Å². The van der Waals surface area contributed by atoms with Crippen LogP contribution in [0.25, 0.3) is 22.2 Å². The first-order valence-corrected chi connectivity index (χ1v) is 12.5. The summed E-state index contributed by atoms with van der Waals surface area (Å²) in [5, 5.41) is 13.1. The highest BCUT2D eigenvalue weighted by Crippen LogP contribution is 2.36. The fraction of sp³-hybridized carbons (Fsp3) is 0.464. The molecule has 1 aliphatic carbocycles. The lowest BCUT2D eigenvalue weighted by Crippen LogP contribution is -2.42. The third-order valence-corrected chi connectivity index (χ3v) is 7.50. The van der Waals surface area contributed by atoms with E-state index in [1.54, 1.807) is 11.7 Å². The third-order valence-electron chi connectivity index (χ3n) is 7.50. The second-order valence-corrected chi connectivity index (χ2v) is 9.86. The average Bonchev–Trinajstić information content (AvgIpc) is 3.58. The lowest BCUT2D eigenvalue weighted by Gasteiger charge is -2.22. The van der Waals surface area contributed by atoms with Crippen LogP contribution in [0, 0.1) is 23.2 Å². The molecule has 0 amide bonds. The standard InChI is InChI=1S/C28H31N3O4/c1-34-12-2-11-31-24-16-21(8-10-26(24)35-28(31)33)20-5-3-18(4-6-20)13-19(17-29)14-25(32)27-22-7-9-23(15-22)30-27/h3-6,8,10,16,19,22-23,27,30H,2,7,9,11-15H2,1H3/t19-,22+,23-,27+/m1/s1. The molecule has 1 saturated heterocycles. The summed E-state index contributed by atoms with van der Waals surface area (Å²) in [6.07, 6.45) is 4.98. The third kappa shape index (κ3) is 4.95. The molecule has 2 bridgehead atoms. The fourth-order valence-electron chi connectivity index (χ4n) is 5.69. The normalized spacial score (nSPS) is 21.9. The van der Waals surface area contributed by atoms with Gasteiger partial charge in [0.2, 0.25) is 0 Å². The molecule has 4 atom stereocenters. The zero-order valence-electron chi connectivity index (χ0n) is 20.0. The number of Topliss-reactive ketones (excluding diaryl/α,β-unsaturated/α-hetero) is 1. The van der Waals surface area contributed by atoms with E-state index in [0.29, 0.717) is 43.5 Å². The first kappa shape index (κ1) is 23.5. The summed E-state index contributed by atoms with van der Waals surface area (Å²) in [6, 6.07) is 16.6. The number of aryl methyl sites for hydroxylation is 1. The number of nitrogens with zero attached hydrogens (tertiary/aromatic N) is 2. The van der Waals surface area contributed by atoms with Crippen molar-refractivity contribution in [3.05, 3.63) is 58.6 Å². The van der Waals surface area contributed by atoms with Crippen molar-refractivity contribution in [1.82, 2.24) is 9.88 Å². The Morgan fingerprint density at radius 3 is 2.71 bits per heavy atom. The Morgan fingerprint density at radius 2 is 2.03 bits per heavy atom. The van der Waals surface area contributed by atoms with Crippen molar-refractivity contribution in [3.63, 3.8) is 0 Å². The summed E-state index contributed by atoms with van der Waals surface area (Å²) in [6.45, 7) is 1.11. The van der Waals surface area contributed by atoms with E-state index in [1.165, 1.54) is 6.42 Å². The molecular formula is C28H31N3O4. The molecule has 3 aromatic rings. The number of ketones is 1. The van der Waals surface area contributed by atoms with Crippen LogP contribution in [0.3, 0.4) is 0 Å². The molecule has 0 unspecified atom stereocenters. The van der Waals surface area contributed by atoms with Crippen LogP contribution in [-0.2, 0) is 22.5 Å². The van der Waals surface area contributed by atoms with E-state index in [-0.39, 0.29) is 23.5 Å². The molecule has 7 heteroatoms. The van der Waals surface area contributed by atoms with Crippen molar-refractivity contribution in [2.45, 2.75) is 57.2 Å². The van der Waals surface area contributed by atoms with Crippen LogP contribution in [0.5, 0.6) is 0 Å². The Hall–Kier alpha value is -3.21. The van der Waals surface area contributed by atoms with Gasteiger partial charge in [0.05, 0.1) is 23.5 Å². The molecule has 1 aromatic heterocycles. The Bertz CT molecular complexity index is 1300. The summed E-state index contributed by atoms with van der Waals surface area (Å²) in [7, 11) is 1.64. The van der Waals surface area contributed by atoms with Gasteiger partial charge >= 0.3 is 5.76 Å². The summed E-state index contributed by atoms with van der Waals surface area (Å²) in [4.78, 5) is 25.1. The number of fused-ring (bicyclic) bond motifs is 3. The maximum absolute atomic E-state index is 12.8. The van der Waals surface area contributed by atoms with E-state index >= 15 is 0 Å². The monoisotopic (exact) mass is 473 g/mol. The molecule has 182 valence electrons. The molecule has 2 aliphatic rings. The van der Waals surface area contributed by atoms with Gasteiger partial charge in [0.15, 0.2) is 11.4 Å². The number of carbonyl (C=O) groups excluding carboxylic acids is 1. The van der Waals surface area contributed by atoms with Crippen molar-refractivity contribution in [3.8, 4) is 17.2 Å². The fourth-order valence-corrected chi connectivity index (χ4v) is 5.69. The van der Waals surface area contributed by atoms with Crippen LogP contribution in [0.4, 0.5) is 0 Å². The van der Waals surface area contributed by atoms with Gasteiger partial charge in [0.25, 0.3) is 0 Å². The lowest BCUT2D eigenvalue weighted by molar-refractivity contribution is -0.122. The molecule has 5 rings (SSSR count). The first-order valence-electron chi connectivity index (χ1n) is 12.5. The Balaban J connectivity index is 1.26. The topological polar surface area (TPSA) is 97.3 Å². The summed E-state index contributed by atoms with van der Waals surface area (Å²) in [5.74, 6) is -0.0419. The maximum Gasteiger partial charge on any atom is 0.419 e. The van der Waals surface area contributed by atoms with Crippen molar-refractivity contribution in [2.24, 2.45) is 11.8 Å². The number of nitriles is 1. The summed E-state index contributed by atoms with van der Waals surface area (Å²) >= 11 is 0. The smallest absolute Gasteiger partial charge is 0.408 e. The van der Waals surface area contributed by atoms with Crippen LogP contribution in [0.1, 0.15) is 37.7 Å². The van der Waals surface area contributed by atoms with Crippen LogP contribution in [0.2, 0.25) is 0 Å². The van der Waals surface area contributed by atoms with Gasteiger partial charge in [0.1, 0.15) is 0 Å². The van der Waals surface area contributed by atoms with E-state index in [2.05, 4.69) is 11.4 Å². The van der Waals surface area contributed by atoms with E-state index in [9.17, 15) is 14.9 Å². The van der Waals surface area contributed by atoms with Crippen LogP contribution < -0.4 is 11.1 Å². The van der Waals surface area contributed by atoms with Gasteiger partial charge in [-0.15, -0.1) is 0 Å². The molecular weight excluding hydrogens is 442 g/mol. The van der Waals surface area contributed by atoms with E-state index in [4.69, 9.17) is 9.15 Å². The number of hydrogen-bond donors (Lipinski definition) is 1. The number of rotatable bonds is 10. The first-order chi connectivity index (χ1) is 17.1. The van der Waals surface area contributed by atoms with E-state index < -0.39 is 0 Å². The van der Waals surface area contributed by atoms with Crippen molar-refractivity contribution in [2.75, 3.05) is 13.7 Å². The summed E-state index contributed by atoms with van der Waals surface area (Å²) in [5.41, 5.74) is 4.38. The number of hydrogen-bond acceptors (Lipinski definition) is 6. The van der Waals surface area contributed by atoms with Gasteiger partial charge in [-0.05, 0) is 66.8 Å². The minimum atomic E-state index is -0.360. The van der Waals surface area contributed by atoms with Crippen LogP contribution in [0.15, 0.2) is 51.7 Å². The summed E-state index contributed by atoms with van der Waals surface area (Å²) < 4.78 is 12.1. The molecule has 0 spiro atoms. The molecule has 2 heterocycles. The molecule has 7 nitrogen and oxygen atoms in total. The molecule has 1 aliphatic heterocycles. The number of aromatic nitrogens is 1. The van der Waals surface area contributed by atoms with Gasteiger partial charge in [-0.25, -0.2) is 4.79 Å². The van der Waals surface area contributed by atoms with Crippen LogP contribution in [-0.4, -0.2) is 36.2 Å². The molecule has 35 heavy (non-hydrogen) atoms. The van der Waals surface area contributed by atoms with E-state index in [1.807, 2.05) is 42.5 Å². The van der Waals surface area contributed by atoms with Gasteiger partial charge < -0.3 is 14.5 Å². The van der Waals surface area contributed by atoms with Gasteiger partial charge in [0, 0.05) is 32.7 Å². The molecule has 2 aromatic carbocycles. The quantitative estimate of drug-likeness (QED) is 0.446. The minimum absolute atomic E-state index is 0.0586.